The maximum atomic E-state index is 5.95. The van der Waals surface area contributed by atoms with Crippen molar-refractivity contribution in [1.82, 2.24) is 0 Å². The fourth-order valence-electron chi connectivity index (χ4n) is 1.92. The molecule has 1 N–H and O–H groups in total. The minimum absolute atomic E-state index is 0.807. The SMILES string of the molecule is CCNc1cc(CCO[Si](C)(C)C)ccc1C#C[Si](C)(C)C. The Morgan fingerprint density at radius 2 is 1.77 bits per heavy atom. The number of hydrogen-bond acceptors (Lipinski definition) is 2. The normalized spacial score (nSPS) is 11.8. The zero-order valence-corrected chi connectivity index (χ0v) is 17.3. The smallest absolute Gasteiger partial charge is 0.183 e. The zero-order valence-electron chi connectivity index (χ0n) is 15.3. The van der Waals surface area contributed by atoms with Gasteiger partial charge in [-0.25, -0.2) is 0 Å². The molecule has 0 aromatic heterocycles. The lowest BCUT2D eigenvalue weighted by atomic mass is 10.1. The monoisotopic (exact) mass is 333 g/mol. The molecule has 1 aromatic rings. The Labute approximate surface area is 138 Å². The molecule has 4 heteroatoms. The summed E-state index contributed by atoms with van der Waals surface area (Å²) in [7, 11) is -2.76. The van der Waals surface area contributed by atoms with Crippen LogP contribution in [-0.4, -0.2) is 29.5 Å². The molecule has 22 heavy (non-hydrogen) atoms. The van der Waals surface area contributed by atoms with Crippen LogP contribution in [0.25, 0.3) is 0 Å². The van der Waals surface area contributed by atoms with Crippen LogP contribution >= 0.6 is 0 Å². The van der Waals surface area contributed by atoms with Crippen LogP contribution in [0.2, 0.25) is 39.3 Å². The number of benzene rings is 1. The second kappa shape index (κ2) is 8.00. The van der Waals surface area contributed by atoms with Crippen molar-refractivity contribution in [2.45, 2.75) is 52.6 Å². The predicted octanol–water partition coefficient (Wildman–Crippen LogP) is 4.74. The highest BCUT2D eigenvalue weighted by Crippen LogP contribution is 2.18. The first-order chi connectivity index (χ1) is 10.1. The van der Waals surface area contributed by atoms with E-state index in [9.17, 15) is 0 Å². The van der Waals surface area contributed by atoms with Gasteiger partial charge in [0.2, 0.25) is 0 Å². The molecule has 1 rings (SSSR count). The standard InChI is InChI=1S/C18H31NOSi2/c1-8-19-18-15-16(11-13-20-22(5,6)7)9-10-17(18)12-14-21(2,3)4/h9-10,15,19H,8,11,13H2,1-7H3. The highest BCUT2D eigenvalue weighted by molar-refractivity contribution is 6.83. The van der Waals surface area contributed by atoms with Crippen LogP contribution in [0.4, 0.5) is 5.69 Å². The maximum absolute atomic E-state index is 5.95. The van der Waals surface area contributed by atoms with Gasteiger partial charge in [-0.2, -0.15) is 0 Å². The average Bonchev–Trinajstić information content (AvgIpc) is 2.35. The van der Waals surface area contributed by atoms with E-state index in [2.05, 4.69) is 81.2 Å². The fourth-order valence-corrected chi connectivity index (χ4v) is 3.15. The Morgan fingerprint density at radius 1 is 1.09 bits per heavy atom. The van der Waals surface area contributed by atoms with Crippen LogP contribution < -0.4 is 5.32 Å². The van der Waals surface area contributed by atoms with Gasteiger partial charge in [-0.05, 0) is 50.7 Å². The largest absolute Gasteiger partial charge is 0.417 e. The van der Waals surface area contributed by atoms with Gasteiger partial charge in [0.15, 0.2) is 8.32 Å². The number of nitrogens with one attached hydrogen (secondary N) is 1. The molecule has 0 aliphatic rings. The lowest BCUT2D eigenvalue weighted by Crippen LogP contribution is -2.26. The third kappa shape index (κ3) is 7.83. The molecule has 122 valence electrons. The molecule has 0 saturated carbocycles. The van der Waals surface area contributed by atoms with E-state index >= 15 is 0 Å². The zero-order chi connectivity index (χ0) is 16.8. The first kappa shape index (κ1) is 19.0. The lowest BCUT2D eigenvalue weighted by molar-refractivity contribution is 0.316. The molecule has 0 fully saturated rings. The Kier molecular flexibility index (Phi) is 6.92. The van der Waals surface area contributed by atoms with Crippen molar-refractivity contribution in [3.63, 3.8) is 0 Å². The number of anilines is 1. The third-order valence-corrected chi connectivity index (χ3v) is 4.89. The topological polar surface area (TPSA) is 21.3 Å². The van der Waals surface area contributed by atoms with Crippen LogP contribution in [-0.2, 0) is 10.8 Å². The van der Waals surface area contributed by atoms with Crippen molar-refractivity contribution >= 4 is 22.1 Å². The third-order valence-electron chi connectivity index (χ3n) is 2.95. The maximum Gasteiger partial charge on any atom is 0.183 e. The molecular formula is C18H31NOSi2. The summed E-state index contributed by atoms with van der Waals surface area (Å²) in [5, 5.41) is 3.44. The summed E-state index contributed by atoms with van der Waals surface area (Å²) in [5.41, 5.74) is 7.02. The van der Waals surface area contributed by atoms with E-state index in [-0.39, 0.29) is 0 Å². The molecule has 0 amide bonds. The van der Waals surface area contributed by atoms with Crippen LogP contribution in [0.3, 0.4) is 0 Å². The first-order valence-corrected chi connectivity index (χ1v) is 15.1. The molecule has 0 unspecified atom stereocenters. The molecule has 0 radical (unpaired) electrons. The molecule has 0 saturated heterocycles. The quantitative estimate of drug-likeness (QED) is 0.599. The van der Waals surface area contributed by atoms with Gasteiger partial charge in [-0.15, -0.1) is 5.54 Å². The highest BCUT2D eigenvalue weighted by atomic mass is 28.4. The van der Waals surface area contributed by atoms with Crippen molar-refractivity contribution in [2.75, 3.05) is 18.5 Å². The van der Waals surface area contributed by atoms with E-state index < -0.39 is 16.4 Å². The molecule has 0 spiro atoms. The Balaban J connectivity index is 2.87. The average molecular weight is 334 g/mol. The first-order valence-electron chi connectivity index (χ1n) is 8.15. The van der Waals surface area contributed by atoms with Gasteiger partial charge in [0.25, 0.3) is 0 Å². The second-order valence-electron chi connectivity index (χ2n) is 7.62. The van der Waals surface area contributed by atoms with Crippen LogP contribution in [0.15, 0.2) is 18.2 Å². The van der Waals surface area contributed by atoms with E-state index in [4.69, 9.17) is 4.43 Å². The summed E-state index contributed by atoms with van der Waals surface area (Å²) < 4.78 is 5.95. The highest BCUT2D eigenvalue weighted by Gasteiger charge is 2.13. The van der Waals surface area contributed by atoms with E-state index in [1.807, 2.05) is 0 Å². The number of rotatable bonds is 6. The van der Waals surface area contributed by atoms with Crippen molar-refractivity contribution in [1.29, 1.82) is 0 Å². The van der Waals surface area contributed by atoms with Gasteiger partial charge in [0, 0.05) is 18.7 Å². The van der Waals surface area contributed by atoms with E-state index in [0.717, 1.165) is 30.8 Å². The van der Waals surface area contributed by atoms with Gasteiger partial charge in [-0.3, -0.25) is 0 Å². The summed E-state index contributed by atoms with van der Waals surface area (Å²) in [5.74, 6) is 3.37. The lowest BCUT2D eigenvalue weighted by Gasteiger charge is -2.17. The van der Waals surface area contributed by atoms with Crippen molar-refractivity contribution in [3.05, 3.63) is 29.3 Å². The van der Waals surface area contributed by atoms with Crippen molar-refractivity contribution < 1.29 is 4.43 Å². The van der Waals surface area contributed by atoms with Gasteiger partial charge in [0.1, 0.15) is 8.07 Å². The Morgan fingerprint density at radius 3 is 2.32 bits per heavy atom. The van der Waals surface area contributed by atoms with E-state index in [1.54, 1.807) is 0 Å². The predicted molar refractivity (Wildman–Crippen MR) is 104 cm³/mol. The minimum atomic E-state index is -1.42. The molecule has 0 heterocycles. The van der Waals surface area contributed by atoms with E-state index in [0.29, 0.717) is 0 Å². The van der Waals surface area contributed by atoms with Gasteiger partial charge in [0.05, 0.1) is 5.69 Å². The van der Waals surface area contributed by atoms with Gasteiger partial charge < -0.3 is 9.74 Å². The minimum Gasteiger partial charge on any atom is -0.417 e. The van der Waals surface area contributed by atoms with E-state index in [1.165, 1.54) is 5.56 Å². The molecule has 0 bridgehead atoms. The molecule has 1 aromatic carbocycles. The summed E-state index contributed by atoms with van der Waals surface area (Å²) in [6.45, 7) is 17.3. The summed E-state index contributed by atoms with van der Waals surface area (Å²) >= 11 is 0. The summed E-state index contributed by atoms with van der Waals surface area (Å²) in [6, 6.07) is 6.56. The number of hydrogen-bond donors (Lipinski definition) is 1. The second-order valence-corrected chi connectivity index (χ2v) is 16.9. The molecule has 0 atom stereocenters. The van der Waals surface area contributed by atoms with Crippen LogP contribution in [0.1, 0.15) is 18.1 Å². The molecule has 2 nitrogen and oxygen atoms in total. The van der Waals surface area contributed by atoms with Gasteiger partial charge >= 0.3 is 0 Å². The molecular weight excluding hydrogens is 302 g/mol. The Bertz CT molecular complexity index is 545. The molecule has 0 aliphatic heterocycles. The summed E-state index contributed by atoms with van der Waals surface area (Å²) in [6.07, 6.45) is 0.963. The van der Waals surface area contributed by atoms with Crippen molar-refractivity contribution in [3.8, 4) is 11.5 Å². The van der Waals surface area contributed by atoms with Crippen LogP contribution in [0.5, 0.6) is 0 Å². The summed E-state index contributed by atoms with van der Waals surface area (Å²) in [4.78, 5) is 0. The molecule has 0 aliphatic carbocycles. The van der Waals surface area contributed by atoms with Crippen LogP contribution in [0, 0.1) is 11.5 Å². The van der Waals surface area contributed by atoms with Gasteiger partial charge in [-0.1, -0.05) is 31.6 Å². The fraction of sp³-hybridized carbons (Fsp3) is 0.556. The van der Waals surface area contributed by atoms with Crippen molar-refractivity contribution in [2.24, 2.45) is 0 Å². The Hall–Kier alpha value is -1.03.